The van der Waals surface area contributed by atoms with Crippen molar-refractivity contribution in [2.45, 2.75) is 80.3 Å². The zero-order valence-electron chi connectivity index (χ0n) is 40.2. The molecule has 2 amide bonds. The van der Waals surface area contributed by atoms with Crippen LogP contribution in [-0.2, 0) is 23.8 Å². The summed E-state index contributed by atoms with van der Waals surface area (Å²) in [6.45, 7) is 19.0. The Kier molecular flexibility index (Phi) is 16.2. The molecule has 4 aromatic heterocycles. The average Bonchev–Trinajstić information content (AvgIpc) is 4.02. The van der Waals surface area contributed by atoms with E-state index in [-0.39, 0.29) is 11.8 Å². The van der Waals surface area contributed by atoms with Crippen LogP contribution in [0, 0.1) is 53.4 Å². The molecule has 19 heteroatoms. The summed E-state index contributed by atoms with van der Waals surface area (Å²) in [7, 11) is 0. The number of carbonyl (C=O) groups excluding carboxylic acids is 2. The number of nitrogens with zero attached hydrogens (tertiary/aromatic N) is 8. The van der Waals surface area contributed by atoms with Crippen LogP contribution in [0.15, 0.2) is 58.5 Å². The molecule has 0 aliphatic carbocycles. The summed E-state index contributed by atoms with van der Waals surface area (Å²) in [6.07, 6.45) is 1.08. The van der Waals surface area contributed by atoms with Gasteiger partial charge in [-0.25, -0.2) is 0 Å². The number of amides is 2. The molecule has 0 saturated heterocycles. The van der Waals surface area contributed by atoms with Crippen molar-refractivity contribution in [2.75, 3.05) is 52.7 Å². The second-order valence-corrected chi connectivity index (χ2v) is 20.4. The fourth-order valence-electron chi connectivity index (χ4n) is 8.85. The van der Waals surface area contributed by atoms with Gasteiger partial charge in [0.25, 0.3) is 0 Å². The van der Waals surface area contributed by atoms with Crippen LogP contribution in [0.25, 0.3) is 10.0 Å². The molecule has 2 aliphatic rings. The van der Waals surface area contributed by atoms with Gasteiger partial charge in [0.15, 0.2) is 11.6 Å². The Bertz CT molecular complexity index is 2680. The van der Waals surface area contributed by atoms with Crippen molar-refractivity contribution in [1.29, 1.82) is 0 Å². The standard InChI is InChI=1S/C50H58Cl2N10O5S2/c1-9-37(43-45-59-57-31(7)61(45)49-39(27(3)29(5)68-49)41(55-43)33-11-15-35(51)16-12-33)47(63)53-19-21-65-23-25-67-26-24-66-22-20-54-48(64)38(10-2)44-46-60-58-32(8)62(46)50-40(28(4)30(6)69-50)42(56-44)34-13-17-36(52)18-14-34/h11-18,37-38,43-44H,9-10,19-26H2,1-8H3,(H,53,63)(H,54,64)/t37-,38-,43+,44+/m1/s1. The molecule has 0 unspecified atom stereocenters. The van der Waals surface area contributed by atoms with Crippen LogP contribution in [0.3, 0.4) is 0 Å². The van der Waals surface area contributed by atoms with Gasteiger partial charge in [0.2, 0.25) is 11.8 Å². The van der Waals surface area contributed by atoms with Crippen LogP contribution in [-0.4, -0.2) is 105 Å². The molecule has 0 saturated carbocycles. The van der Waals surface area contributed by atoms with Crippen LogP contribution >= 0.6 is 45.9 Å². The van der Waals surface area contributed by atoms with E-state index in [0.717, 1.165) is 66.5 Å². The number of aryl methyl sites for hydroxylation is 4. The molecule has 2 aromatic carbocycles. The zero-order valence-corrected chi connectivity index (χ0v) is 43.3. The Morgan fingerprint density at radius 1 is 0.580 bits per heavy atom. The highest BCUT2D eigenvalue weighted by Gasteiger charge is 2.39. The third kappa shape index (κ3) is 10.5. The van der Waals surface area contributed by atoms with E-state index in [4.69, 9.17) is 47.4 Å². The fourth-order valence-corrected chi connectivity index (χ4v) is 11.5. The summed E-state index contributed by atoms with van der Waals surface area (Å²) in [5, 5.41) is 27.5. The Morgan fingerprint density at radius 2 is 0.942 bits per heavy atom. The van der Waals surface area contributed by atoms with Gasteiger partial charge in [-0.2, -0.15) is 0 Å². The number of hydrogen-bond donors (Lipinski definition) is 2. The number of rotatable bonds is 20. The third-order valence-electron chi connectivity index (χ3n) is 12.8. The molecule has 2 aliphatic heterocycles. The van der Waals surface area contributed by atoms with Gasteiger partial charge >= 0.3 is 0 Å². The molecule has 69 heavy (non-hydrogen) atoms. The Hall–Kier alpha value is -5.14. The number of aromatic nitrogens is 6. The van der Waals surface area contributed by atoms with Crippen LogP contribution < -0.4 is 10.6 Å². The van der Waals surface area contributed by atoms with Crippen molar-refractivity contribution in [1.82, 2.24) is 40.2 Å². The van der Waals surface area contributed by atoms with Gasteiger partial charge in [-0.15, -0.1) is 43.1 Å². The maximum absolute atomic E-state index is 13.9. The number of hydrogen-bond acceptors (Lipinski definition) is 13. The van der Waals surface area contributed by atoms with Crippen molar-refractivity contribution in [3.05, 3.63) is 125 Å². The second kappa shape index (κ2) is 22.3. The van der Waals surface area contributed by atoms with Crippen molar-refractivity contribution >= 4 is 69.1 Å². The molecule has 0 spiro atoms. The maximum atomic E-state index is 13.9. The molecule has 6 heterocycles. The van der Waals surface area contributed by atoms with E-state index < -0.39 is 23.9 Å². The fraction of sp³-hybridized carbons (Fsp3) is 0.440. The molecule has 2 N–H and O–H groups in total. The number of carbonyl (C=O) groups is 2. The lowest BCUT2D eigenvalue weighted by atomic mass is 9.94. The molecule has 6 aromatic rings. The highest BCUT2D eigenvalue weighted by atomic mass is 35.5. The van der Waals surface area contributed by atoms with Crippen molar-refractivity contribution in [3.8, 4) is 10.0 Å². The number of fused-ring (bicyclic) bond motifs is 6. The predicted molar refractivity (Wildman–Crippen MR) is 273 cm³/mol. The molecule has 4 atom stereocenters. The van der Waals surface area contributed by atoms with Gasteiger partial charge in [-0.3, -0.25) is 28.7 Å². The number of ether oxygens (including phenoxy) is 3. The van der Waals surface area contributed by atoms with Gasteiger partial charge in [0.05, 0.1) is 62.9 Å². The first kappa shape index (κ1) is 50.3. The summed E-state index contributed by atoms with van der Waals surface area (Å²) in [5.74, 6) is 1.49. The average molecular weight is 1010 g/mol. The molecular formula is C50H58Cl2N10O5S2. The van der Waals surface area contributed by atoms with Gasteiger partial charge < -0.3 is 24.8 Å². The first-order valence-corrected chi connectivity index (χ1v) is 25.7. The summed E-state index contributed by atoms with van der Waals surface area (Å²) in [4.78, 5) is 40.7. The SMILES string of the molecule is CC[C@@H](C(=O)NCCOCCOCCOCCNC(=O)[C@H](CC)[C@@H]1N=C(c2ccc(Cl)cc2)c2c(sc(C)c2C)-n2c(C)nnc21)[C@@H]1N=C(c2ccc(Cl)cc2)c2c(sc(C)c2C)-n2c(C)nnc21. The first-order valence-electron chi connectivity index (χ1n) is 23.3. The topological polar surface area (TPSA) is 172 Å². The van der Waals surface area contributed by atoms with E-state index in [0.29, 0.717) is 87.3 Å². The second-order valence-electron chi connectivity index (χ2n) is 17.1. The number of thiophene rings is 2. The highest BCUT2D eigenvalue weighted by molar-refractivity contribution is 7.15. The van der Waals surface area contributed by atoms with Gasteiger partial charge in [-0.1, -0.05) is 61.3 Å². The van der Waals surface area contributed by atoms with Crippen molar-refractivity contribution in [3.63, 3.8) is 0 Å². The van der Waals surface area contributed by atoms with Crippen LogP contribution in [0.2, 0.25) is 10.0 Å². The Balaban J connectivity index is 0.781. The van der Waals surface area contributed by atoms with E-state index in [2.05, 4.69) is 67.9 Å². The molecule has 0 radical (unpaired) electrons. The number of nitrogens with one attached hydrogen (secondary N) is 2. The van der Waals surface area contributed by atoms with E-state index in [9.17, 15) is 9.59 Å². The van der Waals surface area contributed by atoms with E-state index in [1.165, 1.54) is 9.75 Å². The molecular weight excluding hydrogens is 956 g/mol. The number of halogens is 2. The minimum absolute atomic E-state index is 0.131. The number of aliphatic imine (C=N–C) groups is 2. The Morgan fingerprint density at radius 3 is 1.30 bits per heavy atom. The molecule has 364 valence electrons. The molecule has 15 nitrogen and oxygen atoms in total. The predicted octanol–water partition coefficient (Wildman–Crippen LogP) is 8.95. The van der Waals surface area contributed by atoms with Gasteiger partial charge in [0.1, 0.15) is 33.7 Å². The molecule has 0 fully saturated rings. The maximum Gasteiger partial charge on any atom is 0.225 e. The van der Waals surface area contributed by atoms with E-state index in [1.54, 1.807) is 22.7 Å². The van der Waals surface area contributed by atoms with Crippen LogP contribution in [0.1, 0.15) is 105 Å². The highest BCUT2D eigenvalue weighted by Crippen LogP contribution is 2.43. The van der Waals surface area contributed by atoms with Gasteiger partial charge in [0, 0.05) is 55.1 Å². The quantitative estimate of drug-likeness (QED) is 0.0709. The summed E-state index contributed by atoms with van der Waals surface area (Å²) < 4.78 is 21.4. The monoisotopic (exact) mass is 1010 g/mol. The van der Waals surface area contributed by atoms with Crippen LogP contribution in [0.5, 0.6) is 0 Å². The molecule has 0 bridgehead atoms. The minimum atomic E-state index is -0.573. The number of benzene rings is 2. The third-order valence-corrected chi connectivity index (χ3v) is 15.7. The van der Waals surface area contributed by atoms with E-state index >= 15 is 0 Å². The molecule has 8 rings (SSSR count). The zero-order chi connectivity index (χ0) is 48.9. The lowest BCUT2D eigenvalue weighted by Crippen LogP contribution is -2.36. The van der Waals surface area contributed by atoms with Crippen molar-refractivity contribution < 1.29 is 23.8 Å². The van der Waals surface area contributed by atoms with Crippen molar-refractivity contribution in [2.24, 2.45) is 21.8 Å². The minimum Gasteiger partial charge on any atom is -0.377 e. The summed E-state index contributed by atoms with van der Waals surface area (Å²) in [6, 6.07) is 14.2. The Labute approximate surface area is 420 Å². The lowest BCUT2D eigenvalue weighted by Gasteiger charge is -2.22. The first-order chi connectivity index (χ1) is 33.3. The summed E-state index contributed by atoms with van der Waals surface area (Å²) >= 11 is 15.9. The largest absolute Gasteiger partial charge is 0.377 e. The lowest BCUT2D eigenvalue weighted by molar-refractivity contribution is -0.126. The smallest absolute Gasteiger partial charge is 0.225 e. The van der Waals surface area contributed by atoms with E-state index in [1.807, 2.05) is 76.2 Å². The normalized spacial score (nSPS) is 16.0. The summed E-state index contributed by atoms with van der Waals surface area (Å²) in [5.41, 5.74) is 7.76. The van der Waals surface area contributed by atoms with Gasteiger partial charge in [-0.05, 0) is 89.8 Å². The van der Waals surface area contributed by atoms with Crippen LogP contribution in [0.4, 0.5) is 0 Å².